The van der Waals surface area contributed by atoms with Gasteiger partial charge < -0.3 is 5.11 Å². The SMILES string of the molecule is C=CC.OC(F)(C(F)F)C(F)(F)F. The lowest BCUT2D eigenvalue weighted by Gasteiger charge is -2.20. The highest BCUT2D eigenvalue weighted by Crippen LogP contribution is 2.36. The van der Waals surface area contributed by atoms with Crippen LogP contribution in [0.2, 0.25) is 0 Å². The van der Waals surface area contributed by atoms with E-state index in [-0.39, 0.29) is 0 Å². The minimum atomic E-state index is -5.94. The second-order valence-corrected chi connectivity index (χ2v) is 1.88. The first kappa shape index (κ1) is 14.8. The zero-order valence-corrected chi connectivity index (χ0v) is 6.58. The maximum Gasteiger partial charge on any atom is 0.454 e. The number of hydrogen-bond acceptors (Lipinski definition) is 1. The molecular formula is C6H8F6O. The van der Waals surface area contributed by atoms with Gasteiger partial charge in [-0.2, -0.15) is 17.6 Å². The molecule has 13 heavy (non-hydrogen) atoms. The van der Waals surface area contributed by atoms with E-state index in [2.05, 4.69) is 6.58 Å². The van der Waals surface area contributed by atoms with Crippen LogP contribution in [-0.4, -0.2) is 23.6 Å². The van der Waals surface area contributed by atoms with Gasteiger partial charge in [0.05, 0.1) is 0 Å². The second kappa shape index (κ2) is 5.11. The van der Waals surface area contributed by atoms with Crippen LogP contribution in [-0.2, 0) is 0 Å². The third-order valence-electron chi connectivity index (χ3n) is 0.687. The number of rotatable bonds is 1. The van der Waals surface area contributed by atoms with Crippen LogP contribution in [0.4, 0.5) is 26.3 Å². The Labute approximate surface area is 70.7 Å². The molecule has 0 aromatic heterocycles. The van der Waals surface area contributed by atoms with Crippen molar-refractivity contribution in [2.45, 2.75) is 25.4 Å². The maximum absolute atomic E-state index is 11.4. The number of aliphatic hydroxyl groups is 1. The van der Waals surface area contributed by atoms with Gasteiger partial charge in [0.2, 0.25) is 0 Å². The lowest BCUT2D eigenvalue weighted by atomic mass is 10.3. The summed E-state index contributed by atoms with van der Waals surface area (Å²) in [4.78, 5) is 0. The summed E-state index contributed by atoms with van der Waals surface area (Å²) in [5.41, 5.74) is 0. The Morgan fingerprint density at radius 2 is 1.46 bits per heavy atom. The maximum atomic E-state index is 11.4. The summed E-state index contributed by atoms with van der Waals surface area (Å²) in [7, 11) is 0. The molecule has 1 unspecified atom stereocenters. The molecule has 0 heterocycles. The van der Waals surface area contributed by atoms with Crippen molar-refractivity contribution >= 4 is 0 Å². The van der Waals surface area contributed by atoms with E-state index in [1.807, 2.05) is 6.92 Å². The van der Waals surface area contributed by atoms with Gasteiger partial charge in [-0.05, 0) is 6.92 Å². The van der Waals surface area contributed by atoms with Crippen molar-refractivity contribution in [1.82, 2.24) is 0 Å². The Balaban J connectivity index is 0. The summed E-state index contributed by atoms with van der Waals surface area (Å²) in [6, 6.07) is 0. The molecule has 0 rings (SSSR count). The minimum Gasteiger partial charge on any atom is -0.350 e. The molecule has 0 aliphatic heterocycles. The van der Waals surface area contributed by atoms with Crippen LogP contribution in [0.25, 0.3) is 0 Å². The predicted molar refractivity (Wildman–Crippen MR) is 34.0 cm³/mol. The fourth-order valence-electron chi connectivity index (χ4n) is 0.124. The number of allylic oxidation sites excluding steroid dienone is 1. The van der Waals surface area contributed by atoms with Crippen molar-refractivity contribution in [1.29, 1.82) is 0 Å². The quantitative estimate of drug-likeness (QED) is 0.521. The normalized spacial score (nSPS) is 15.8. The molecule has 0 fully saturated rings. The van der Waals surface area contributed by atoms with E-state index in [0.717, 1.165) is 0 Å². The first-order valence-electron chi connectivity index (χ1n) is 2.94. The molecule has 0 bridgehead atoms. The van der Waals surface area contributed by atoms with E-state index < -0.39 is 18.5 Å². The molecule has 0 saturated carbocycles. The Hall–Kier alpha value is -0.720. The third kappa shape index (κ3) is 4.76. The largest absolute Gasteiger partial charge is 0.454 e. The van der Waals surface area contributed by atoms with Crippen LogP contribution in [0.1, 0.15) is 6.92 Å². The van der Waals surface area contributed by atoms with Gasteiger partial charge in [0.25, 0.3) is 0 Å². The van der Waals surface area contributed by atoms with Gasteiger partial charge in [-0.1, -0.05) is 6.08 Å². The van der Waals surface area contributed by atoms with E-state index >= 15 is 0 Å². The average Bonchev–Trinajstić information content (AvgIpc) is 1.86. The monoisotopic (exact) mass is 210 g/mol. The molecule has 1 atom stereocenters. The Bertz CT molecular complexity index is 150. The molecule has 0 aromatic rings. The zero-order chi connectivity index (χ0) is 11.3. The highest BCUT2D eigenvalue weighted by molar-refractivity contribution is 4.76. The van der Waals surface area contributed by atoms with Crippen molar-refractivity contribution in [2.75, 3.05) is 0 Å². The van der Waals surface area contributed by atoms with Crippen molar-refractivity contribution in [3.05, 3.63) is 12.7 Å². The number of alkyl halides is 6. The molecule has 0 radical (unpaired) electrons. The van der Waals surface area contributed by atoms with Gasteiger partial charge in [0.15, 0.2) is 0 Å². The summed E-state index contributed by atoms with van der Waals surface area (Å²) in [5, 5.41) is 7.39. The molecule has 1 N–H and O–H groups in total. The van der Waals surface area contributed by atoms with E-state index in [1.165, 1.54) is 0 Å². The van der Waals surface area contributed by atoms with Crippen LogP contribution >= 0.6 is 0 Å². The van der Waals surface area contributed by atoms with Crippen LogP contribution in [0, 0.1) is 0 Å². The van der Waals surface area contributed by atoms with Crippen LogP contribution in [0.5, 0.6) is 0 Å². The number of halogens is 6. The van der Waals surface area contributed by atoms with Crippen LogP contribution in [0.3, 0.4) is 0 Å². The molecule has 80 valence electrons. The smallest absolute Gasteiger partial charge is 0.350 e. The Morgan fingerprint density at radius 3 is 1.46 bits per heavy atom. The molecule has 0 spiro atoms. The zero-order valence-electron chi connectivity index (χ0n) is 6.58. The minimum absolute atomic E-state index is 1.75. The standard InChI is InChI=1S/C3H2F6O.C3H6/c4-1(5)2(6,10)3(7,8)9;1-3-2/h1,10H;3H,1H2,2H3. The summed E-state index contributed by atoms with van der Waals surface area (Å²) in [6.45, 7) is 5.25. The lowest BCUT2D eigenvalue weighted by molar-refractivity contribution is -0.352. The molecule has 0 saturated heterocycles. The molecule has 0 aromatic carbocycles. The Morgan fingerprint density at radius 1 is 1.23 bits per heavy atom. The van der Waals surface area contributed by atoms with Gasteiger partial charge in [0.1, 0.15) is 0 Å². The van der Waals surface area contributed by atoms with E-state index in [0.29, 0.717) is 0 Å². The molecule has 0 aliphatic carbocycles. The predicted octanol–water partition coefficient (Wildman–Crippen LogP) is 2.66. The first-order valence-corrected chi connectivity index (χ1v) is 2.94. The molecule has 0 aliphatic rings. The summed E-state index contributed by atoms with van der Waals surface area (Å²) in [5.74, 6) is -5.40. The fraction of sp³-hybridized carbons (Fsp3) is 0.667. The van der Waals surface area contributed by atoms with Gasteiger partial charge in [-0.3, -0.25) is 0 Å². The van der Waals surface area contributed by atoms with Crippen molar-refractivity contribution in [3.8, 4) is 0 Å². The van der Waals surface area contributed by atoms with Crippen molar-refractivity contribution in [3.63, 3.8) is 0 Å². The third-order valence-corrected chi connectivity index (χ3v) is 0.687. The van der Waals surface area contributed by atoms with Crippen molar-refractivity contribution < 1.29 is 31.4 Å². The van der Waals surface area contributed by atoms with E-state index in [1.54, 1.807) is 6.08 Å². The molecular weight excluding hydrogens is 202 g/mol. The van der Waals surface area contributed by atoms with Crippen LogP contribution in [0.15, 0.2) is 12.7 Å². The van der Waals surface area contributed by atoms with Gasteiger partial charge >= 0.3 is 18.5 Å². The second-order valence-electron chi connectivity index (χ2n) is 1.88. The summed E-state index contributed by atoms with van der Waals surface area (Å²) < 4.78 is 66.3. The highest BCUT2D eigenvalue weighted by Gasteiger charge is 2.62. The number of hydrogen-bond donors (Lipinski definition) is 1. The first-order chi connectivity index (χ1) is 5.61. The fourth-order valence-corrected chi connectivity index (χ4v) is 0.124. The Kier molecular flexibility index (Phi) is 5.81. The van der Waals surface area contributed by atoms with Crippen molar-refractivity contribution in [2.24, 2.45) is 0 Å². The molecule has 1 nitrogen and oxygen atoms in total. The molecule has 0 amide bonds. The summed E-state index contributed by atoms with van der Waals surface area (Å²) >= 11 is 0. The van der Waals surface area contributed by atoms with Gasteiger partial charge in [-0.25, -0.2) is 8.78 Å². The highest BCUT2D eigenvalue weighted by atomic mass is 19.4. The van der Waals surface area contributed by atoms with Gasteiger partial charge in [0, 0.05) is 0 Å². The summed E-state index contributed by atoms with van der Waals surface area (Å²) in [6.07, 6.45) is -8.67. The van der Waals surface area contributed by atoms with Gasteiger partial charge in [-0.15, -0.1) is 6.58 Å². The molecule has 7 heteroatoms. The van der Waals surface area contributed by atoms with E-state index in [4.69, 9.17) is 5.11 Å². The average molecular weight is 210 g/mol. The topological polar surface area (TPSA) is 20.2 Å². The lowest BCUT2D eigenvalue weighted by Crippen LogP contribution is -2.47. The van der Waals surface area contributed by atoms with E-state index in [9.17, 15) is 26.3 Å². The van der Waals surface area contributed by atoms with Crippen LogP contribution < -0.4 is 0 Å².